The molecule has 2 heterocycles. The number of hydrogen-bond donors (Lipinski definition) is 1. The number of hydrogen-bond acceptors (Lipinski definition) is 8. The maximum atomic E-state index is 13.9. The Hall–Kier alpha value is -4.93. The molecule has 3 amide bonds. The van der Waals surface area contributed by atoms with Gasteiger partial charge in [0.05, 0.1) is 19.3 Å². The molecule has 0 spiro atoms. The van der Waals surface area contributed by atoms with Crippen LogP contribution in [0, 0.1) is 0 Å². The zero-order valence-corrected chi connectivity index (χ0v) is 24.4. The predicted octanol–water partition coefficient (Wildman–Crippen LogP) is 4.43. The lowest BCUT2D eigenvalue weighted by Gasteiger charge is -2.49. The number of carbonyl (C=O) groups is 3. The van der Waals surface area contributed by atoms with E-state index in [2.05, 4.69) is 4.90 Å². The zero-order valence-electron chi connectivity index (χ0n) is 24.4. The van der Waals surface area contributed by atoms with E-state index in [1.165, 1.54) is 6.92 Å². The molecule has 6 rings (SSSR count). The van der Waals surface area contributed by atoms with Crippen LogP contribution < -0.4 is 15.4 Å². The molecular formula is C34H34N4O6. The van der Waals surface area contributed by atoms with Crippen molar-refractivity contribution in [2.24, 2.45) is 5.73 Å². The molecule has 0 bridgehead atoms. The van der Waals surface area contributed by atoms with Gasteiger partial charge in [0.2, 0.25) is 6.23 Å². The van der Waals surface area contributed by atoms with Gasteiger partial charge in [-0.2, -0.15) is 5.01 Å². The highest BCUT2D eigenvalue weighted by atomic mass is 16.6. The molecule has 2 saturated heterocycles. The van der Waals surface area contributed by atoms with Crippen LogP contribution >= 0.6 is 0 Å². The average Bonchev–Trinajstić information content (AvgIpc) is 3.06. The molecule has 0 aromatic heterocycles. The number of benzene rings is 4. The van der Waals surface area contributed by atoms with Crippen molar-refractivity contribution in [1.82, 2.24) is 10.0 Å². The molecule has 4 aromatic carbocycles. The molecular weight excluding hydrogens is 560 g/mol. The molecule has 0 aliphatic carbocycles. The molecule has 4 aromatic rings. The maximum Gasteiger partial charge on any atom is 0.436 e. The summed E-state index contributed by atoms with van der Waals surface area (Å²) in [6, 6.07) is 29.1. The normalized spacial score (nSPS) is 18.8. The van der Waals surface area contributed by atoms with Gasteiger partial charge in [0.25, 0.3) is 11.8 Å². The van der Waals surface area contributed by atoms with Crippen LogP contribution in [-0.4, -0.2) is 66.5 Å². The molecule has 2 fully saturated rings. The fourth-order valence-electron chi connectivity index (χ4n) is 5.46. The van der Waals surface area contributed by atoms with Crippen molar-refractivity contribution in [1.29, 1.82) is 0 Å². The Morgan fingerprint density at radius 1 is 0.932 bits per heavy atom. The second kappa shape index (κ2) is 12.7. The summed E-state index contributed by atoms with van der Waals surface area (Å²) in [4.78, 5) is 43.0. The highest BCUT2D eigenvalue weighted by Gasteiger charge is 2.56. The van der Waals surface area contributed by atoms with E-state index in [1.807, 2.05) is 78.9 Å². The number of morpholine rings is 1. The first-order chi connectivity index (χ1) is 21.4. The Kier molecular flexibility index (Phi) is 8.44. The highest BCUT2D eigenvalue weighted by Crippen LogP contribution is 2.40. The molecule has 2 aliphatic heterocycles. The van der Waals surface area contributed by atoms with Crippen molar-refractivity contribution in [2.45, 2.75) is 31.7 Å². The van der Waals surface area contributed by atoms with Crippen molar-refractivity contribution >= 4 is 34.4 Å². The number of nitrogens with two attached hydrogens (primary N) is 1. The number of rotatable bonds is 8. The van der Waals surface area contributed by atoms with Crippen molar-refractivity contribution in [2.75, 3.05) is 31.2 Å². The van der Waals surface area contributed by atoms with Gasteiger partial charge in [0, 0.05) is 24.8 Å². The van der Waals surface area contributed by atoms with Gasteiger partial charge >= 0.3 is 6.09 Å². The number of anilines is 1. The summed E-state index contributed by atoms with van der Waals surface area (Å²) < 4.78 is 17.5. The van der Waals surface area contributed by atoms with Gasteiger partial charge in [0.15, 0.2) is 0 Å². The molecule has 0 unspecified atom stereocenters. The zero-order chi connectivity index (χ0) is 30.6. The number of nitrogens with zero attached hydrogens (tertiary/aromatic N) is 3. The Morgan fingerprint density at radius 2 is 1.66 bits per heavy atom. The summed E-state index contributed by atoms with van der Waals surface area (Å²) in [5.74, 6) is -1.59. The Bertz CT molecular complexity index is 1660. The number of hydrazine groups is 1. The SMILES string of the molecule is C[C@H](N)C(=O)N(C(=O)OCc1ccccc1)N1C(=O)[C@@H](c2ccc3ccccc3c2)[C@H]1Oc1cccc(N2CCOCC2)c1. The molecule has 3 atom stereocenters. The minimum absolute atomic E-state index is 0.0916. The fourth-order valence-corrected chi connectivity index (χ4v) is 5.46. The topological polar surface area (TPSA) is 115 Å². The Balaban J connectivity index is 1.34. The molecule has 10 nitrogen and oxygen atoms in total. The third kappa shape index (κ3) is 5.95. The first-order valence-electron chi connectivity index (χ1n) is 14.6. The van der Waals surface area contributed by atoms with Crippen LogP contribution in [0.5, 0.6) is 5.75 Å². The van der Waals surface area contributed by atoms with Crippen molar-refractivity contribution < 1.29 is 28.6 Å². The predicted molar refractivity (Wildman–Crippen MR) is 165 cm³/mol. The van der Waals surface area contributed by atoms with E-state index in [1.54, 1.807) is 18.2 Å². The van der Waals surface area contributed by atoms with E-state index >= 15 is 0 Å². The Labute approximate surface area is 255 Å². The van der Waals surface area contributed by atoms with Crippen LogP contribution in [0.15, 0.2) is 97.1 Å². The quantitative estimate of drug-likeness (QED) is 0.298. The monoisotopic (exact) mass is 594 g/mol. The molecule has 2 aliphatic rings. The second-order valence-electron chi connectivity index (χ2n) is 10.9. The summed E-state index contributed by atoms with van der Waals surface area (Å²) in [7, 11) is 0. The second-order valence-corrected chi connectivity index (χ2v) is 10.9. The van der Waals surface area contributed by atoms with E-state index < -0.39 is 36.1 Å². The minimum Gasteiger partial charge on any atom is -0.467 e. The first-order valence-corrected chi connectivity index (χ1v) is 14.6. The van der Waals surface area contributed by atoms with E-state index in [4.69, 9.17) is 19.9 Å². The van der Waals surface area contributed by atoms with Crippen LogP contribution in [0.3, 0.4) is 0 Å². The van der Waals surface area contributed by atoms with Gasteiger partial charge in [-0.05, 0) is 41.0 Å². The largest absolute Gasteiger partial charge is 0.467 e. The minimum atomic E-state index is -1.09. The lowest BCUT2D eigenvalue weighted by Crippen LogP contribution is -2.71. The fraction of sp³-hybridized carbons (Fsp3) is 0.265. The third-order valence-corrected chi connectivity index (χ3v) is 7.79. The highest BCUT2D eigenvalue weighted by molar-refractivity contribution is 6.00. The summed E-state index contributed by atoms with van der Waals surface area (Å²) >= 11 is 0. The van der Waals surface area contributed by atoms with Crippen LogP contribution in [0.2, 0.25) is 0 Å². The van der Waals surface area contributed by atoms with Gasteiger partial charge in [-0.3, -0.25) is 9.59 Å². The van der Waals surface area contributed by atoms with Crippen LogP contribution in [0.4, 0.5) is 10.5 Å². The number of fused-ring (bicyclic) bond motifs is 1. The van der Waals surface area contributed by atoms with Gasteiger partial charge in [-0.1, -0.05) is 78.9 Å². The average molecular weight is 595 g/mol. The summed E-state index contributed by atoms with van der Waals surface area (Å²) in [5.41, 5.74) is 8.33. The van der Waals surface area contributed by atoms with Crippen molar-refractivity contribution in [3.8, 4) is 5.75 Å². The van der Waals surface area contributed by atoms with Crippen LogP contribution in [0.1, 0.15) is 24.0 Å². The number of β-lactam (4-membered cyclic amide) rings is 1. The number of ether oxygens (including phenoxy) is 3. The van der Waals surface area contributed by atoms with Gasteiger partial charge in [-0.15, -0.1) is 5.01 Å². The molecule has 0 saturated carbocycles. The molecule has 226 valence electrons. The van der Waals surface area contributed by atoms with Gasteiger partial charge in [-0.25, -0.2) is 4.79 Å². The summed E-state index contributed by atoms with van der Waals surface area (Å²) in [6.07, 6.45) is -2.05. The van der Waals surface area contributed by atoms with E-state index in [0.29, 0.717) is 29.5 Å². The maximum absolute atomic E-state index is 13.9. The summed E-state index contributed by atoms with van der Waals surface area (Å²) in [5, 5.41) is 3.69. The van der Waals surface area contributed by atoms with E-state index in [0.717, 1.165) is 40.1 Å². The third-order valence-electron chi connectivity index (χ3n) is 7.79. The Morgan fingerprint density at radius 3 is 2.41 bits per heavy atom. The van der Waals surface area contributed by atoms with Gasteiger partial charge in [0.1, 0.15) is 18.3 Å². The van der Waals surface area contributed by atoms with Crippen LogP contribution in [-0.2, 0) is 25.7 Å². The smallest absolute Gasteiger partial charge is 0.436 e. The molecule has 44 heavy (non-hydrogen) atoms. The lowest BCUT2D eigenvalue weighted by atomic mass is 9.87. The number of carbonyl (C=O) groups excluding carboxylic acids is 3. The molecule has 2 N–H and O–H groups in total. The molecule has 0 radical (unpaired) electrons. The van der Waals surface area contributed by atoms with Crippen molar-refractivity contribution in [3.63, 3.8) is 0 Å². The first kappa shape index (κ1) is 29.2. The number of imide groups is 1. The number of amides is 3. The van der Waals surface area contributed by atoms with Gasteiger partial charge < -0.3 is 24.8 Å². The molecule has 10 heteroatoms. The van der Waals surface area contributed by atoms with Crippen LogP contribution in [0.25, 0.3) is 10.8 Å². The standard InChI is InChI=1S/C34H34N4O6/c1-23(35)31(39)38(34(41)43-22-24-8-3-2-4-9-24)37-32(40)30(27-15-14-25-10-5-6-11-26(25)20-27)33(37)44-29-13-7-12-28(21-29)36-16-18-42-19-17-36/h2-15,20-21,23,30,33H,16-19,22,35H2,1H3/t23-,30+,33+/m0/s1. The van der Waals surface area contributed by atoms with Crippen molar-refractivity contribution in [3.05, 3.63) is 108 Å². The van der Waals surface area contributed by atoms with E-state index in [9.17, 15) is 14.4 Å². The lowest BCUT2D eigenvalue weighted by molar-refractivity contribution is -0.207. The summed E-state index contributed by atoms with van der Waals surface area (Å²) in [6.45, 7) is 4.08. The van der Waals surface area contributed by atoms with E-state index in [-0.39, 0.29) is 6.61 Å².